The summed E-state index contributed by atoms with van der Waals surface area (Å²) in [5.41, 5.74) is 3.80. The number of para-hydroxylation sites is 1. The molecule has 2 nitrogen and oxygen atoms in total. The molecule has 1 unspecified atom stereocenters. The van der Waals surface area contributed by atoms with E-state index in [0.717, 1.165) is 34.7 Å². The summed E-state index contributed by atoms with van der Waals surface area (Å²) in [7, 11) is 0. The predicted octanol–water partition coefficient (Wildman–Crippen LogP) is 4.60. The van der Waals surface area contributed by atoms with Gasteiger partial charge in [-0.3, -0.25) is 0 Å². The Kier molecular flexibility index (Phi) is 4.53. The molecule has 0 saturated carbocycles. The number of hydrogen-bond donors (Lipinski definition) is 1. The molecule has 4 heteroatoms. The summed E-state index contributed by atoms with van der Waals surface area (Å²) in [6, 6.07) is 15.1. The van der Waals surface area contributed by atoms with E-state index >= 15 is 0 Å². The average molecular weight is 366 g/mol. The zero-order valence-electron chi connectivity index (χ0n) is 11.9. The Bertz CT molecular complexity index is 644. The van der Waals surface area contributed by atoms with Crippen LogP contribution in [0.3, 0.4) is 0 Å². The van der Waals surface area contributed by atoms with Gasteiger partial charge in [-0.2, -0.15) is 0 Å². The van der Waals surface area contributed by atoms with Crippen LogP contribution >= 0.6 is 27.5 Å². The van der Waals surface area contributed by atoms with Gasteiger partial charge in [0.15, 0.2) is 0 Å². The van der Waals surface area contributed by atoms with E-state index in [9.17, 15) is 0 Å². The molecule has 0 saturated heterocycles. The number of hydrogen-bond acceptors (Lipinski definition) is 2. The Morgan fingerprint density at radius 3 is 2.90 bits per heavy atom. The number of nitrogens with one attached hydrogen (secondary N) is 1. The van der Waals surface area contributed by atoms with E-state index in [2.05, 4.69) is 63.4 Å². The molecule has 110 valence electrons. The molecule has 1 heterocycles. The molecular weight excluding hydrogens is 348 g/mol. The highest BCUT2D eigenvalue weighted by molar-refractivity contribution is 9.10. The van der Waals surface area contributed by atoms with E-state index in [1.165, 1.54) is 11.3 Å². The Balaban J connectivity index is 1.92. The fourth-order valence-corrected chi connectivity index (χ4v) is 3.48. The molecular formula is C17H18BrClN2. The maximum Gasteiger partial charge on any atom is 0.0467 e. The van der Waals surface area contributed by atoms with Crippen molar-refractivity contribution in [1.82, 2.24) is 5.32 Å². The van der Waals surface area contributed by atoms with E-state index < -0.39 is 0 Å². The number of anilines is 1. The summed E-state index contributed by atoms with van der Waals surface area (Å²) in [6.07, 6.45) is 0. The third-order valence-electron chi connectivity index (χ3n) is 3.84. The molecule has 0 aromatic heterocycles. The quantitative estimate of drug-likeness (QED) is 0.836. The molecule has 21 heavy (non-hydrogen) atoms. The lowest BCUT2D eigenvalue weighted by Crippen LogP contribution is -2.35. The minimum absolute atomic E-state index is 0.451. The molecule has 1 atom stereocenters. The van der Waals surface area contributed by atoms with Crippen molar-refractivity contribution in [3.8, 4) is 0 Å². The SMILES string of the molecule is CC1CN(Cc2ccc(Br)cc2Cl)c2ccccc2CN1. The van der Waals surface area contributed by atoms with Crippen LogP contribution in [0.1, 0.15) is 18.1 Å². The summed E-state index contributed by atoms with van der Waals surface area (Å²) >= 11 is 9.84. The lowest BCUT2D eigenvalue weighted by atomic mass is 10.1. The smallest absolute Gasteiger partial charge is 0.0467 e. The van der Waals surface area contributed by atoms with Crippen molar-refractivity contribution >= 4 is 33.2 Å². The maximum absolute atomic E-state index is 6.38. The van der Waals surface area contributed by atoms with Crippen molar-refractivity contribution < 1.29 is 0 Å². The third-order valence-corrected chi connectivity index (χ3v) is 4.69. The molecule has 0 bridgehead atoms. The second-order valence-electron chi connectivity index (χ2n) is 5.53. The van der Waals surface area contributed by atoms with Gasteiger partial charge in [0.1, 0.15) is 0 Å². The summed E-state index contributed by atoms with van der Waals surface area (Å²) in [6.45, 7) is 4.95. The minimum Gasteiger partial charge on any atom is -0.365 e. The summed E-state index contributed by atoms with van der Waals surface area (Å²) < 4.78 is 1.02. The van der Waals surface area contributed by atoms with Crippen LogP contribution in [0.25, 0.3) is 0 Å². The predicted molar refractivity (Wildman–Crippen MR) is 92.9 cm³/mol. The van der Waals surface area contributed by atoms with Gasteiger partial charge in [0, 0.05) is 40.9 Å². The molecule has 0 spiro atoms. The van der Waals surface area contributed by atoms with Gasteiger partial charge in [-0.15, -0.1) is 0 Å². The van der Waals surface area contributed by atoms with Gasteiger partial charge < -0.3 is 10.2 Å². The van der Waals surface area contributed by atoms with Crippen molar-refractivity contribution in [2.75, 3.05) is 11.4 Å². The van der Waals surface area contributed by atoms with Crippen molar-refractivity contribution in [3.05, 3.63) is 63.1 Å². The van der Waals surface area contributed by atoms with Crippen molar-refractivity contribution in [2.24, 2.45) is 0 Å². The van der Waals surface area contributed by atoms with Crippen LogP contribution in [0.4, 0.5) is 5.69 Å². The second kappa shape index (κ2) is 6.39. The Hall–Kier alpha value is -1.03. The first-order valence-corrected chi connectivity index (χ1v) is 8.31. The standard InChI is InChI=1S/C17H18BrClN2/c1-12-10-21(11-14-6-7-15(18)8-16(14)19)17-5-3-2-4-13(17)9-20-12/h2-8,12,20H,9-11H2,1H3. The molecule has 0 amide bonds. The molecule has 3 rings (SSSR count). The molecule has 1 aliphatic rings. The van der Waals surface area contributed by atoms with Crippen LogP contribution in [-0.2, 0) is 13.1 Å². The highest BCUT2D eigenvalue weighted by Crippen LogP contribution is 2.28. The Labute approximate surface area is 139 Å². The molecule has 0 fully saturated rings. The molecule has 1 N–H and O–H groups in total. The summed E-state index contributed by atoms with van der Waals surface area (Å²) in [5, 5.41) is 4.37. The van der Waals surface area contributed by atoms with E-state index in [1.54, 1.807) is 0 Å². The van der Waals surface area contributed by atoms with Crippen LogP contribution < -0.4 is 10.2 Å². The molecule has 0 aliphatic carbocycles. The van der Waals surface area contributed by atoms with Crippen molar-refractivity contribution in [1.29, 1.82) is 0 Å². The van der Waals surface area contributed by atoms with Gasteiger partial charge in [-0.05, 0) is 36.2 Å². The summed E-state index contributed by atoms with van der Waals surface area (Å²) in [5.74, 6) is 0. The fraction of sp³-hybridized carbons (Fsp3) is 0.294. The lowest BCUT2D eigenvalue weighted by Gasteiger charge is -2.27. The lowest BCUT2D eigenvalue weighted by molar-refractivity contribution is 0.552. The monoisotopic (exact) mass is 364 g/mol. The van der Waals surface area contributed by atoms with Crippen molar-refractivity contribution in [2.45, 2.75) is 26.1 Å². The zero-order valence-corrected chi connectivity index (χ0v) is 14.3. The molecule has 0 radical (unpaired) electrons. The third kappa shape index (κ3) is 3.42. The van der Waals surface area contributed by atoms with Gasteiger partial charge in [0.25, 0.3) is 0 Å². The number of benzene rings is 2. The number of fused-ring (bicyclic) bond motifs is 1. The first-order chi connectivity index (χ1) is 10.1. The van der Waals surface area contributed by atoms with Gasteiger partial charge in [0.05, 0.1) is 0 Å². The van der Waals surface area contributed by atoms with Crippen LogP contribution in [0.5, 0.6) is 0 Å². The van der Waals surface area contributed by atoms with Crippen LogP contribution in [0.2, 0.25) is 5.02 Å². The van der Waals surface area contributed by atoms with Crippen LogP contribution in [-0.4, -0.2) is 12.6 Å². The normalized spacial score (nSPS) is 18.2. The number of halogens is 2. The first-order valence-electron chi connectivity index (χ1n) is 7.13. The highest BCUT2D eigenvalue weighted by atomic mass is 79.9. The van der Waals surface area contributed by atoms with Crippen LogP contribution in [0.15, 0.2) is 46.9 Å². The number of rotatable bonds is 2. The molecule has 1 aliphatic heterocycles. The fourth-order valence-electron chi connectivity index (χ4n) is 2.75. The molecule has 2 aromatic rings. The van der Waals surface area contributed by atoms with Gasteiger partial charge >= 0.3 is 0 Å². The van der Waals surface area contributed by atoms with E-state index in [0.29, 0.717) is 6.04 Å². The van der Waals surface area contributed by atoms with Crippen molar-refractivity contribution in [3.63, 3.8) is 0 Å². The van der Waals surface area contributed by atoms with Gasteiger partial charge in [-0.1, -0.05) is 51.8 Å². The van der Waals surface area contributed by atoms with E-state index in [1.807, 2.05) is 12.1 Å². The van der Waals surface area contributed by atoms with Gasteiger partial charge in [0.2, 0.25) is 0 Å². The largest absolute Gasteiger partial charge is 0.365 e. The van der Waals surface area contributed by atoms with Gasteiger partial charge in [-0.25, -0.2) is 0 Å². The Morgan fingerprint density at radius 2 is 2.10 bits per heavy atom. The second-order valence-corrected chi connectivity index (χ2v) is 6.85. The average Bonchev–Trinajstić information content (AvgIpc) is 2.62. The van der Waals surface area contributed by atoms with Crippen LogP contribution in [0, 0.1) is 0 Å². The first kappa shape index (κ1) is 14.9. The topological polar surface area (TPSA) is 15.3 Å². The minimum atomic E-state index is 0.451. The highest BCUT2D eigenvalue weighted by Gasteiger charge is 2.19. The zero-order chi connectivity index (χ0) is 14.8. The van der Waals surface area contributed by atoms with E-state index in [-0.39, 0.29) is 0 Å². The maximum atomic E-state index is 6.38. The van der Waals surface area contributed by atoms with E-state index in [4.69, 9.17) is 11.6 Å². The summed E-state index contributed by atoms with van der Waals surface area (Å²) in [4.78, 5) is 2.41. The Morgan fingerprint density at radius 1 is 1.29 bits per heavy atom. The molecule has 2 aromatic carbocycles. The number of nitrogens with zero attached hydrogens (tertiary/aromatic N) is 1.